The zero-order chi connectivity index (χ0) is 14.0. The van der Waals surface area contributed by atoms with Gasteiger partial charge in [0.1, 0.15) is 0 Å². The number of carboxylic acids is 1. The molecule has 0 aliphatic heterocycles. The summed E-state index contributed by atoms with van der Waals surface area (Å²) in [5.74, 6) is -2.16. The van der Waals surface area contributed by atoms with E-state index in [2.05, 4.69) is 5.32 Å². The molecule has 0 saturated heterocycles. The summed E-state index contributed by atoms with van der Waals surface area (Å²) in [4.78, 5) is 22.5. The van der Waals surface area contributed by atoms with Crippen LogP contribution < -0.4 is 5.32 Å². The Morgan fingerprint density at radius 1 is 1.21 bits per heavy atom. The second kappa shape index (κ2) is 5.16. The first-order valence-corrected chi connectivity index (χ1v) is 5.76. The summed E-state index contributed by atoms with van der Waals surface area (Å²) in [7, 11) is 0. The summed E-state index contributed by atoms with van der Waals surface area (Å²) in [5.41, 5.74) is 1.38. The largest absolute Gasteiger partial charge is 0.475 e. The Balaban J connectivity index is 2.20. The number of amides is 1. The second-order valence-corrected chi connectivity index (χ2v) is 4.31. The van der Waals surface area contributed by atoms with Crippen molar-refractivity contribution in [2.24, 2.45) is 0 Å². The fraction of sp³-hybridized carbons (Fsp3) is 0.0769. The minimum absolute atomic E-state index is 0.0880. The van der Waals surface area contributed by atoms with Crippen molar-refractivity contribution in [1.29, 1.82) is 0 Å². The lowest BCUT2D eigenvalue weighted by Gasteiger charge is -2.06. The number of carbonyl (C=O) groups excluding carboxylic acids is 1. The second-order valence-electron chi connectivity index (χ2n) is 3.91. The maximum absolute atomic E-state index is 11.9. The van der Waals surface area contributed by atoms with Gasteiger partial charge in [-0.25, -0.2) is 4.79 Å². The van der Waals surface area contributed by atoms with Crippen LogP contribution in [0.15, 0.2) is 34.7 Å². The van der Waals surface area contributed by atoms with Crippen molar-refractivity contribution < 1.29 is 19.1 Å². The van der Waals surface area contributed by atoms with Crippen molar-refractivity contribution in [3.8, 4) is 0 Å². The van der Waals surface area contributed by atoms with Crippen molar-refractivity contribution in [2.45, 2.75) is 6.92 Å². The monoisotopic (exact) mass is 279 g/mol. The van der Waals surface area contributed by atoms with Crippen LogP contribution in [0.3, 0.4) is 0 Å². The Labute approximate surface area is 113 Å². The Bertz CT molecular complexity index is 648. The van der Waals surface area contributed by atoms with Gasteiger partial charge >= 0.3 is 5.97 Å². The van der Waals surface area contributed by atoms with Crippen LogP contribution in [-0.2, 0) is 0 Å². The van der Waals surface area contributed by atoms with E-state index >= 15 is 0 Å². The maximum Gasteiger partial charge on any atom is 0.371 e. The predicted molar refractivity (Wildman–Crippen MR) is 69.8 cm³/mol. The molecule has 98 valence electrons. The van der Waals surface area contributed by atoms with Gasteiger partial charge in [0.15, 0.2) is 5.76 Å². The van der Waals surface area contributed by atoms with Gasteiger partial charge < -0.3 is 14.8 Å². The van der Waals surface area contributed by atoms with Crippen LogP contribution in [0.5, 0.6) is 0 Å². The smallest absolute Gasteiger partial charge is 0.371 e. The number of rotatable bonds is 3. The van der Waals surface area contributed by atoms with Crippen LogP contribution in [0.1, 0.15) is 26.7 Å². The van der Waals surface area contributed by atoms with Crippen LogP contribution in [0, 0.1) is 6.92 Å². The first-order chi connectivity index (χ1) is 8.97. The fourth-order valence-electron chi connectivity index (χ4n) is 1.49. The number of carbonyl (C=O) groups is 2. The van der Waals surface area contributed by atoms with Gasteiger partial charge in [0, 0.05) is 0 Å². The molecule has 5 nitrogen and oxygen atoms in total. The quantitative estimate of drug-likeness (QED) is 0.904. The van der Waals surface area contributed by atoms with Crippen molar-refractivity contribution in [3.05, 3.63) is 52.4 Å². The number of anilines is 1. The number of carboxylic acid groups (broad SMARTS) is 1. The van der Waals surface area contributed by atoms with E-state index in [1.165, 1.54) is 12.1 Å². The number of hydrogen-bond donors (Lipinski definition) is 2. The summed E-state index contributed by atoms with van der Waals surface area (Å²) in [6.07, 6.45) is 0. The van der Waals surface area contributed by atoms with Gasteiger partial charge in [-0.3, -0.25) is 4.79 Å². The van der Waals surface area contributed by atoms with E-state index in [0.717, 1.165) is 5.56 Å². The molecule has 6 heteroatoms. The highest BCUT2D eigenvalue weighted by atomic mass is 35.5. The zero-order valence-electron chi connectivity index (χ0n) is 9.94. The summed E-state index contributed by atoms with van der Waals surface area (Å²) < 4.78 is 4.89. The molecule has 0 aliphatic rings. The van der Waals surface area contributed by atoms with Gasteiger partial charge in [-0.1, -0.05) is 17.7 Å². The normalized spacial score (nSPS) is 10.2. The number of furan rings is 1. The predicted octanol–water partition coefficient (Wildman–Crippen LogP) is 3.19. The molecule has 2 aromatic rings. The minimum atomic E-state index is -1.23. The number of hydrogen-bond acceptors (Lipinski definition) is 3. The number of aryl methyl sites for hydroxylation is 1. The molecule has 2 N–H and O–H groups in total. The molecule has 0 atom stereocenters. The molecule has 1 aromatic heterocycles. The van der Waals surface area contributed by atoms with Crippen LogP contribution in [0.4, 0.5) is 5.69 Å². The zero-order valence-corrected chi connectivity index (χ0v) is 10.7. The Kier molecular flexibility index (Phi) is 3.57. The van der Waals surface area contributed by atoms with E-state index in [1.54, 1.807) is 12.1 Å². The van der Waals surface area contributed by atoms with Gasteiger partial charge in [0.2, 0.25) is 5.76 Å². The topological polar surface area (TPSA) is 79.5 Å². The lowest BCUT2D eigenvalue weighted by molar-refractivity contribution is 0.0660. The van der Waals surface area contributed by atoms with Crippen LogP contribution in [0.25, 0.3) is 0 Å². The molecule has 0 saturated carbocycles. The Hall–Kier alpha value is -2.27. The highest BCUT2D eigenvalue weighted by molar-refractivity contribution is 6.33. The molecule has 0 bridgehead atoms. The first-order valence-electron chi connectivity index (χ1n) is 5.38. The van der Waals surface area contributed by atoms with Crippen molar-refractivity contribution >= 4 is 29.2 Å². The molecule has 19 heavy (non-hydrogen) atoms. The maximum atomic E-state index is 11.9. The first kappa shape index (κ1) is 13.2. The fourth-order valence-corrected chi connectivity index (χ4v) is 1.66. The SMILES string of the molecule is Cc1ccc(Cl)c(NC(=O)c2ccc(C(=O)O)o2)c1. The van der Waals surface area contributed by atoms with E-state index < -0.39 is 11.9 Å². The van der Waals surface area contributed by atoms with Crippen molar-refractivity contribution in [2.75, 3.05) is 5.32 Å². The molecule has 0 spiro atoms. The summed E-state index contributed by atoms with van der Waals surface area (Å²) >= 11 is 5.94. The third kappa shape index (κ3) is 2.95. The number of aromatic carboxylic acids is 1. The average Bonchev–Trinajstić information content (AvgIpc) is 2.83. The lowest BCUT2D eigenvalue weighted by Crippen LogP contribution is -2.11. The molecule has 0 radical (unpaired) electrons. The molecule has 1 heterocycles. The summed E-state index contributed by atoms with van der Waals surface area (Å²) in [5, 5.41) is 11.7. The van der Waals surface area contributed by atoms with E-state index in [-0.39, 0.29) is 11.5 Å². The molecule has 2 rings (SSSR count). The lowest BCUT2D eigenvalue weighted by atomic mass is 10.2. The number of benzene rings is 1. The van der Waals surface area contributed by atoms with E-state index in [4.69, 9.17) is 21.1 Å². The Morgan fingerprint density at radius 2 is 1.89 bits per heavy atom. The average molecular weight is 280 g/mol. The molecular weight excluding hydrogens is 270 g/mol. The molecular formula is C13H10ClNO4. The van der Waals surface area contributed by atoms with Crippen molar-refractivity contribution in [3.63, 3.8) is 0 Å². The minimum Gasteiger partial charge on any atom is -0.475 e. The standard InChI is InChI=1S/C13H10ClNO4/c1-7-2-3-8(14)9(6-7)15-12(16)10-4-5-11(19-10)13(17)18/h2-6H,1H3,(H,15,16)(H,17,18). The van der Waals surface area contributed by atoms with E-state index in [9.17, 15) is 9.59 Å². The van der Waals surface area contributed by atoms with Crippen LogP contribution in [-0.4, -0.2) is 17.0 Å². The summed E-state index contributed by atoms with van der Waals surface area (Å²) in [6, 6.07) is 7.70. The van der Waals surface area contributed by atoms with Gasteiger partial charge in [0.05, 0.1) is 10.7 Å². The third-order valence-corrected chi connectivity index (χ3v) is 2.74. The molecule has 0 unspecified atom stereocenters. The number of nitrogens with one attached hydrogen (secondary N) is 1. The van der Waals surface area contributed by atoms with Gasteiger partial charge in [-0.05, 0) is 36.8 Å². The number of halogens is 1. The van der Waals surface area contributed by atoms with Crippen molar-refractivity contribution in [1.82, 2.24) is 0 Å². The summed E-state index contributed by atoms with van der Waals surface area (Å²) in [6.45, 7) is 1.86. The molecule has 0 aliphatic carbocycles. The van der Waals surface area contributed by atoms with E-state index in [0.29, 0.717) is 10.7 Å². The molecule has 0 fully saturated rings. The Morgan fingerprint density at radius 3 is 2.53 bits per heavy atom. The van der Waals surface area contributed by atoms with Crippen LogP contribution >= 0.6 is 11.6 Å². The van der Waals surface area contributed by atoms with Gasteiger partial charge in [-0.15, -0.1) is 0 Å². The van der Waals surface area contributed by atoms with Crippen LogP contribution in [0.2, 0.25) is 5.02 Å². The molecule has 1 amide bonds. The highest BCUT2D eigenvalue weighted by Gasteiger charge is 2.15. The van der Waals surface area contributed by atoms with Gasteiger partial charge in [-0.2, -0.15) is 0 Å². The highest BCUT2D eigenvalue weighted by Crippen LogP contribution is 2.23. The van der Waals surface area contributed by atoms with Gasteiger partial charge in [0.25, 0.3) is 5.91 Å². The third-order valence-electron chi connectivity index (χ3n) is 2.41. The molecule has 1 aromatic carbocycles. The van der Waals surface area contributed by atoms with E-state index in [1.807, 2.05) is 13.0 Å².